The van der Waals surface area contributed by atoms with E-state index in [9.17, 15) is 0 Å². The highest BCUT2D eigenvalue weighted by Gasteiger charge is 2.01. The molecule has 1 aromatic heterocycles. The summed E-state index contributed by atoms with van der Waals surface area (Å²) in [4.78, 5) is 0. The van der Waals surface area contributed by atoms with E-state index in [1.807, 2.05) is 24.3 Å². The van der Waals surface area contributed by atoms with Crippen LogP contribution < -0.4 is 0 Å². The molecule has 2 rings (SSSR count). The topological polar surface area (TPSA) is 30.7 Å². The first-order valence-electron chi connectivity index (χ1n) is 3.89. The average Bonchev–Trinajstić information content (AvgIpc) is 2.58. The lowest BCUT2D eigenvalue weighted by atomic mass is 10.3. The van der Waals surface area contributed by atoms with E-state index in [1.54, 1.807) is 4.68 Å². The van der Waals surface area contributed by atoms with Gasteiger partial charge in [-0.15, -0.1) is 16.9 Å². The van der Waals surface area contributed by atoms with Crippen LogP contribution in [0.1, 0.15) is 0 Å². The third-order valence-corrected chi connectivity index (χ3v) is 3.04. The van der Waals surface area contributed by atoms with E-state index in [0.717, 1.165) is 11.0 Å². The smallest absolute Gasteiger partial charge is 0.113 e. The molecular weight excluding hydrogens is 234 g/mol. The van der Waals surface area contributed by atoms with Crippen molar-refractivity contribution in [3.05, 3.63) is 24.3 Å². The molecule has 0 aliphatic heterocycles. The monoisotopic (exact) mass is 240 g/mol. The molecule has 6 heteroatoms. The molecule has 0 saturated carbocycles. The van der Waals surface area contributed by atoms with Gasteiger partial charge in [0, 0.05) is 0 Å². The predicted octanol–water partition coefficient (Wildman–Crippen LogP) is 1.95. The Hall–Kier alpha value is -0.720. The number of aromatic nitrogens is 3. The van der Waals surface area contributed by atoms with E-state index in [0.29, 0.717) is 9.41 Å². The first-order valence-corrected chi connectivity index (χ1v) is 5.69. The second kappa shape index (κ2) is 4.20. The van der Waals surface area contributed by atoms with Crippen molar-refractivity contribution >= 4 is 51.2 Å². The minimum Gasteiger partial charge on any atom is -0.422 e. The molecule has 0 bridgehead atoms. The Morgan fingerprint density at radius 2 is 2.29 bits per heavy atom. The Labute approximate surface area is 96.3 Å². The number of benzene rings is 1. The van der Waals surface area contributed by atoms with Gasteiger partial charge in [-0.25, -0.2) is 4.68 Å². The maximum Gasteiger partial charge on any atom is 0.113 e. The number of thioether (sulfide) groups is 1. The molecule has 1 aromatic carbocycles. The molecule has 0 aliphatic carbocycles. The maximum atomic E-state index is 4.81. The second-order valence-electron chi connectivity index (χ2n) is 2.60. The van der Waals surface area contributed by atoms with E-state index < -0.39 is 0 Å². The van der Waals surface area contributed by atoms with E-state index in [4.69, 9.17) is 24.8 Å². The molecule has 72 valence electrons. The van der Waals surface area contributed by atoms with Crippen LogP contribution in [0.25, 0.3) is 11.0 Å². The summed E-state index contributed by atoms with van der Waals surface area (Å²) in [6.45, 7) is 0. The standard InChI is InChI=1S/C8H7N3S3/c12-8(13)14-5-11-7-4-2-1-3-6(7)9-10-11/h1-4H,5H2,(H,12,13)/p-1. The van der Waals surface area contributed by atoms with Crippen LogP contribution in [0.2, 0.25) is 0 Å². The van der Waals surface area contributed by atoms with Gasteiger partial charge in [-0.05, 0) is 12.1 Å². The minimum atomic E-state index is 0.504. The van der Waals surface area contributed by atoms with Crippen molar-refractivity contribution in [3.8, 4) is 0 Å². The van der Waals surface area contributed by atoms with Crippen LogP contribution >= 0.6 is 24.0 Å². The van der Waals surface area contributed by atoms with Crippen molar-refractivity contribution in [2.45, 2.75) is 5.88 Å². The summed E-state index contributed by atoms with van der Waals surface area (Å²) in [5.74, 6) is 0.628. The number of rotatable bonds is 2. The Morgan fingerprint density at radius 1 is 1.50 bits per heavy atom. The molecular formula is C8H6N3S3-. The van der Waals surface area contributed by atoms with Crippen molar-refractivity contribution in [3.63, 3.8) is 0 Å². The summed E-state index contributed by atoms with van der Waals surface area (Å²) in [6, 6.07) is 7.79. The van der Waals surface area contributed by atoms with Crippen molar-refractivity contribution in [2.24, 2.45) is 0 Å². The molecule has 14 heavy (non-hydrogen) atoms. The highest BCUT2D eigenvalue weighted by molar-refractivity contribution is 8.36. The van der Waals surface area contributed by atoms with Gasteiger partial charge in [-0.3, -0.25) is 0 Å². The zero-order valence-electron chi connectivity index (χ0n) is 7.08. The second-order valence-corrected chi connectivity index (χ2v) is 5.15. The summed E-state index contributed by atoms with van der Waals surface area (Å²) >= 11 is 11.0. The fourth-order valence-corrected chi connectivity index (χ4v) is 1.86. The van der Waals surface area contributed by atoms with Gasteiger partial charge in [0.25, 0.3) is 0 Å². The minimum absolute atomic E-state index is 0.504. The predicted molar refractivity (Wildman–Crippen MR) is 65.1 cm³/mol. The van der Waals surface area contributed by atoms with E-state index in [2.05, 4.69) is 10.3 Å². The molecule has 0 aliphatic rings. The van der Waals surface area contributed by atoms with Gasteiger partial charge >= 0.3 is 0 Å². The largest absolute Gasteiger partial charge is 0.422 e. The van der Waals surface area contributed by atoms with Crippen LogP contribution in [0.3, 0.4) is 0 Å². The Morgan fingerprint density at radius 3 is 3.07 bits per heavy atom. The van der Waals surface area contributed by atoms with Gasteiger partial charge in [0.1, 0.15) is 5.52 Å². The highest BCUT2D eigenvalue weighted by atomic mass is 32.2. The fraction of sp³-hybridized carbons (Fsp3) is 0.125. The fourth-order valence-electron chi connectivity index (χ4n) is 1.13. The zero-order chi connectivity index (χ0) is 9.97. The van der Waals surface area contributed by atoms with Crippen molar-refractivity contribution in [2.75, 3.05) is 0 Å². The van der Waals surface area contributed by atoms with Gasteiger partial charge in [-0.2, -0.15) is 0 Å². The van der Waals surface area contributed by atoms with Crippen LogP contribution in [-0.4, -0.2) is 18.5 Å². The third kappa shape index (κ3) is 2.02. The SMILES string of the molecule is S=C([S-])SCn1nnc2ccccc21. The average molecular weight is 240 g/mol. The molecule has 0 atom stereocenters. The van der Waals surface area contributed by atoms with Crippen LogP contribution in [0, 0.1) is 0 Å². The Balaban J connectivity index is 2.29. The quantitative estimate of drug-likeness (QED) is 0.591. The molecule has 0 fully saturated rings. The molecule has 0 amide bonds. The van der Waals surface area contributed by atoms with Crippen LogP contribution in [0.4, 0.5) is 0 Å². The number of fused-ring (bicyclic) bond motifs is 1. The van der Waals surface area contributed by atoms with Gasteiger partial charge in [0.05, 0.1) is 11.4 Å². The van der Waals surface area contributed by atoms with Gasteiger partial charge in [-0.1, -0.05) is 20.9 Å². The van der Waals surface area contributed by atoms with Crippen molar-refractivity contribution in [1.29, 1.82) is 0 Å². The number of hydrogen-bond donors (Lipinski definition) is 0. The molecule has 0 saturated heterocycles. The summed E-state index contributed by atoms with van der Waals surface area (Å²) in [6.07, 6.45) is 0. The summed E-state index contributed by atoms with van der Waals surface area (Å²) in [5.41, 5.74) is 1.90. The first-order chi connectivity index (χ1) is 6.77. The van der Waals surface area contributed by atoms with Gasteiger partial charge in [0.15, 0.2) is 0 Å². The summed E-state index contributed by atoms with van der Waals surface area (Å²) < 4.78 is 2.29. The third-order valence-electron chi connectivity index (χ3n) is 1.72. The number of nitrogens with zero attached hydrogens (tertiary/aromatic N) is 3. The summed E-state index contributed by atoms with van der Waals surface area (Å²) in [7, 11) is 0. The van der Waals surface area contributed by atoms with E-state index in [1.165, 1.54) is 11.8 Å². The number of para-hydroxylation sites is 1. The number of hydrogen-bond acceptors (Lipinski definition) is 5. The first kappa shape index (κ1) is 9.82. The lowest BCUT2D eigenvalue weighted by Crippen LogP contribution is -1.98. The molecule has 3 nitrogen and oxygen atoms in total. The molecule has 1 heterocycles. The lowest BCUT2D eigenvalue weighted by Gasteiger charge is -2.04. The molecule has 2 aromatic rings. The zero-order valence-corrected chi connectivity index (χ0v) is 9.53. The molecule has 0 spiro atoms. The maximum absolute atomic E-state index is 4.81. The molecule has 0 N–H and O–H groups in total. The van der Waals surface area contributed by atoms with Crippen LogP contribution in [0.15, 0.2) is 24.3 Å². The van der Waals surface area contributed by atoms with E-state index >= 15 is 0 Å². The van der Waals surface area contributed by atoms with Gasteiger partial charge < -0.3 is 24.8 Å². The number of thiocarbonyl (C=S) groups is 1. The Bertz CT molecular complexity index is 466. The molecule has 0 radical (unpaired) electrons. The summed E-state index contributed by atoms with van der Waals surface area (Å²) in [5, 5.41) is 8.03. The van der Waals surface area contributed by atoms with E-state index in [-0.39, 0.29) is 0 Å². The van der Waals surface area contributed by atoms with Crippen molar-refractivity contribution in [1.82, 2.24) is 15.0 Å². The van der Waals surface area contributed by atoms with Crippen LogP contribution in [0.5, 0.6) is 0 Å². The Kier molecular flexibility index (Phi) is 2.95. The lowest BCUT2D eigenvalue weighted by molar-refractivity contribution is 0.725. The van der Waals surface area contributed by atoms with Gasteiger partial charge in [0.2, 0.25) is 0 Å². The highest BCUT2D eigenvalue weighted by Crippen LogP contribution is 2.13. The molecule has 0 unspecified atom stereocenters. The van der Waals surface area contributed by atoms with Crippen LogP contribution in [-0.2, 0) is 18.5 Å². The normalized spacial score (nSPS) is 10.6. The van der Waals surface area contributed by atoms with Crippen molar-refractivity contribution < 1.29 is 0 Å².